The predicted molar refractivity (Wildman–Crippen MR) is 162 cm³/mol. The van der Waals surface area contributed by atoms with E-state index in [2.05, 4.69) is 5.32 Å². The molecule has 8 heteroatoms. The van der Waals surface area contributed by atoms with Crippen molar-refractivity contribution in [3.8, 4) is 0 Å². The molecule has 0 saturated carbocycles. The van der Waals surface area contributed by atoms with Crippen LogP contribution in [0.5, 0.6) is 0 Å². The van der Waals surface area contributed by atoms with Gasteiger partial charge in [-0.25, -0.2) is 8.42 Å². The first kappa shape index (κ1) is 30.9. The van der Waals surface area contributed by atoms with Crippen molar-refractivity contribution >= 4 is 27.5 Å². The van der Waals surface area contributed by atoms with E-state index in [9.17, 15) is 18.0 Å². The van der Waals surface area contributed by atoms with Gasteiger partial charge in [-0.2, -0.15) is 0 Å². The summed E-state index contributed by atoms with van der Waals surface area (Å²) in [5, 5.41) is 3.04. The highest BCUT2D eigenvalue weighted by Gasteiger charge is 2.34. The smallest absolute Gasteiger partial charge is 0.244 e. The Labute approximate surface area is 239 Å². The van der Waals surface area contributed by atoms with Gasteiger partial charge in [0, 0.05) is 18.5 Å². The van der Waals surface area contributed by atoms with Crippen LogP contribution >= 0.6 is 0 Å². The Morgan fingerprint density at radius 3 is 2.08 bits per heavy atom. The van der Waals surface area contributed by atoms with Crippen molar-refractivity contribution in [2.75, 3.05) is 17.1 Å². The number of carbonyl (C=O) groups excluding carboxylic acids is 2. The summed E-state index contributed by atoms with van der Waals surface area (Å²) >= 11 is 0. The van der Waals surface area contributed by atoms with Gasteiger partial charge in [-0.05, 0) is 69.9 Å². The standard InChI is InChI=1S/C32H41N3O4S/c1-23-17-18-28(25(3)19-23)35(40(7,38)39)22-30(36)34(21-27-16-12-11-13-24(27)2)29(31(37)33-32(4,5)6)20-26-14-9-8-10-15-26/h8-19,29H,20-22H2,1-7H3,(H,33,37)/t29-/m0/s1. The van der Waals surface area contributed by atoms with E-state index in [4.69, 9.17) is 0 Å². The van der Waals surface area contributed by atoms with Crippen LogP contribution < -0.4 is 9.62 Å². The Morgan fingerprint density at radius 1 is 0.875 bits per heavy atom. The monoisotopic (exact) mass is 563 g/mol. The van der Waals surface area contributed by atoms with Crippen molar-refractivity contribution in [2.24, 2.45) is 0 Å². The van der Waals surface area contributed by atoms with E-state index in [1.807, 2.05) is 108 Å². The molecule has 0 fully saturated rings. The van der Waals surface area contributed by atoms with Gasteiger partial charge in [-0.3, -0.25) is 13.9 Å². The SMILES string of the molecule is Cc1ccc(N(CC(=O)N(Cc2ccccc2C)[C@@H](Cc2ccccc2)C(=O)NC(C)(C)C)S(C)(=O)=O)c(C)c1. The van der Waals surface area contributed by atoms with Gasteiger partial charge in [-0.1, -0.05) is 72.3 Å². The van der Waals surface area contributed by atoms with Gasteiger partial charge < -0.3 is 10.2 Å². The van der Waals surface area contributed by atoms with Crippen LogP contribution in [0.3, 0.4) is 0 Å². The topological polar surface area (TPSA) is 86.8 Å². The molecule has 0 aliphatic rings. The summed E-state index contributed by atoms with van der Waals surface area (Å²) in [6, 6.07) is 21.8. The van der Waals surface area contributed by atoms with E-state index < -0.39 is 34.1 Å². The molecule has 1 atom stereocenters. The van der Waals surface area contributed by atoms with Gasteiger partial charge in [0.2, 0.25) is 21.8 Å². The zero-order chi connectivity index (χ0) is 29.7. The summed E-state index contributed by atoms with van der Waals surface area (Å²) in [7, 11) is -3.81. The van der Waals surface area contributed by atoms with Crippen LogP contribution in [0.2, 0.25) is 0 Å². The van der Waals surface area contributed by atoms with Crippen LogP contribution in [-0.4, -0.2) is 49.5 Å². The van der Waals surface area contributed by atoms with Crippen LogP contribution in [-0.2, 0) is 32.6 Å². The minimum absolute atomic E-state index is 0.158. The average Bonchev–Trinajstić information content (AvgIpc) is 2.85. The molecule has 3 rings (SSSR count). The van der Waals surface area contributed by atoms with Crippen LogP contribution in [0.4, 0.5) is 5.69 Å². The molecule has 0 radical (unpaired) electrons. The lowest BCUT2D eigenvalue weighted by molar-refractivity contribution is -0.140. The molecule has 40 heavy (non-hydrogen) atoms. The molecule has 3 aromatic rings. The fourth-order valence-electron chi connectivity index (χ4n) is 4.66. The lowest BCUT2D eigenvalue weighted by atomic mass is 10.00. The van der Waals surface area contributed by atoms with E-state index in [1.165, 1.54) is 4.90 Å². The highest BCUT2D eigenvalue weighted by atomic mass is 32.2. The number of rotatable bonds is 10. The number of nitrogens with one attached hydrogen (secondary N) is 1. The van der Waals surface area contributed by atoms with Gasteiger partial charge in [0.25, 0.3) is 0 Å². The third-order valence-corrected chi connectivity index (χ3v) is 7.80. The number of anilines is 1. The summed E-state index contributed by atoms with van der Waals surface area (Å²) < 4.78 is 27.1. The van der Waals surface area contributed by atoms with Crippen LogP contribution in [0.25, 0.3) is 0 Å². The Morgan fingerprint density at radius 2 is 1.50 bits per heavy atom. The normalized spacial score (nSPS) is 12.5. The first-order valence-corrected chi connectivity index (χ1v) is 15.3. The second-order valence-corrected chi connectivity index (χ2v) is 13.4. The van der Waals surface area contributed by atoms with Gasteiger partial charge in [0.05, 0.1) is 11.9 Å². The Hall–Kier alpha value is -3.65. The second kappa shape index (κ2) is 12.7. The molecule has 2 amide bonds. The lowest BCUT2D eigenvalue weighted by Gasteiger charge is -2.35. The van der Waals surface area contributed by atoms with E-state index in [1.54, 1.807) is 6.07 Å². The number of aryl methyl sites for hydroxylation is 3. The summed E-state index contributed by atoms with van der Waals surface area (Å²) in [4.78, 5) is 29.5. The van der Waals surface area contributed by atoms with Gasteiger partial charge >= 0.3 is 0 Å². The third-order valence-electron chi connectivity index (χ3n) is 6.67. The highest BCUT2D eigenvalue weighted by Crippen LogP contribution is 2.25. The quantitative estimate of drug-likeness (QED) is 0.379. The molecule has 0 saturated heterocycles. The van der Waals surface area contributed by atoms with E-state index >= 15 is 0 Å². The van der Waals surface area contributed by atoms with E-state index in [-0.39, 0.29) is 18.9 Å². The highest BCUT2D eigenvalue weighted by molar-refractivity contribution is 7.92. The number of hydrogen-bond donors (Lipinski definition) is 1. The zero-order valence-electron chi connectivity index (χ0n) is 24.6. The summed E-state index contributed by atoms with van der Waals surface area (Å²) in [6.07, 6.45) is 1.38. The maximum atomic E-state index is 14.2. The van der Waals surface area contributed by atoms with Crippen LogP contribution in [0.15, 0.2) is 72.8 Å². The van der Waals surface area contributed by atoms with E-state index in [0.29, 0.717) is 5.69 Å². The molecular formula is C32H41N3O4S. The Kier molecular flexibility index (Phi) is 9.79. The maximum absolute atomic E-state index is 14.2. The van der Waals surface area contributed by atoms with Crippen molar-refractivity contribution in [3.63, 3.8) is 0 Å². The predicted octanol–water partition coefficient (Wildman–Crippen LogP) is 4.93. The van der Waals surface area contributed by atoms with Crippen LogP contribution in [0, 0.1) is 20.8 Å². The van der Waals surface area contributed by atoms with Crippen molar-refractivity contribution in [1.29, 1.82) is 0 Å². The van der Waals surface area contributed by atoms with Gasteiger partial charge in [0.15, 0.2) is 0 Å². The number of amides is 2. The van der Waals surface area contributed by atoms with Gasteiger partial charge in [-0.15, -0.1) is 0 Å². The number of sulfonamides is 1. The molecule has 0 unspecified atom stereocenters. The summed E-state index contributed by atoms with van der Waals surface area (Å²) in [5.74, 6) is -0.755. The third kappa shape index (κ3) is 8.42. The molecule has 3 aromatic carbocycles. The minimum Gasteiger partial charge on any atom is -0.350 e. The maximum Gasteiger partial charge on any atom is 0.244 e. The van der Waals surface area contributed by atoms with Crippen LogP contribution in [0.1, 0.15) is 48.6 Å². The van der Waals surface area contributed by atoms with E-state index in [0.717, 1.165) is 38.4 Å². The lowest BCUT2D eigenvalue weighted by Crippen LogP contribution is -2.56. The van der Waals surface area contributed by atoms with Crippen molar-refractivity contribution < 1.29 is 18.0 Å². The molecular weight excluding hydrogens is 522 g/mol. The van der Waals surface area contributed by atoms with Crippen molar-refractivity contribution in [2.45, 2.75) is 66.1 Å². The van der Waals surface area contributed by atoms with Crippen molar-refractivity contribution in [3.05, 3.63) is 101 Å². The molecule has 214 valence electrons. The fraction of sp³-hybridized carbons (Fsp3) is 0.375. The second-order valence-electron chi connectivity index (χ2n) is 11.5. The number of hydrogen-bond acceptors (Lipinski definition) is 4. The number of nitrogens with zero attached hydrogens (tertiary/aromatic N) is 2. The molecule has 0 aliphatic heterocycles. The largest absolute Gasteiger partial charge is 0.350 e. The molecule has 1 N–H and O–H groups in total. The molecule has 0 bridgehead atoms. The van der Waals surface area contributed by atoms with Crippen molar-refractivity contribution in [1.82, 2.24) is 10.2 Å². The first-order valence-electron chi connectivity index (χ1n) is 13.4. The molecule has 7 nitrogen and oxygen atoms in total. The molecule has 0 heterocycles. The zero-order valence-corrected chi connectivity index (χ0v) is 25.4. The molecule has 0 aromatic heterocycles. The minimum atomic E-state index is -3.81. The number of carbonyl (C=O) groups is 2. The van der Waals surface area contributed by atoms with Gasteiger partial charge in [0.1, 0.15) is 12.6 Å². The molecule has 0 aliphatic carbocycles. The first-order chi connectivity index (χ1) is 18.7. The fourth-order valence-corrected chi connectivity index (χ4v) is 5.56. The Bertz CT molecular complexity index is 1450. The number of benzene rings is 3. The average molecular weight is 564 g/mol. The molecule has 0 spiro atoms. The summed E-state index contributed by atoms with van der Waals surface area (Å²) in [5.41, 5.74) is 4.41. The summed E-state index contributed by atoms with van der Waals surface area (Å²) in [6.45, 7) is 11.1. The Balaban J connectivity index is 2.10.